The van der Waals surface area contributed by atoms with Crippen LogP contribution < -0.4 is 0 Å². The van der Waals surface area contributed by atoms with Crippen LogP contribution in [0.5, 0.6) is 0 Å². The van der Waals surface area contributed by atoms with Crippen molar-refractivity contribution in [2.24, 2.45) is 5.92 Å². The van der Waals surface area contributed by atoms with Crippen LogP contribution in [0, 0.1) is 5.92 Å². The summed E-state index contributed by atoms with van der Waals surface area (Å²) >= 11 is 0. The van der Waals surface area contributed by atoms with E-state index in [4.69, 9.17) is 0 Å². The SMILES string of the molecule is FN1C=CC=C(C2CC2)C1. The van der Waals surface area contributed by atoms with Gasteiger partial charge in [0.2, 0.25) is 0 Å². The topological polar surface area (TPSA) is 3.24 Å². The van der Waals surface area contributed by atoms with E-state index in [-0.39, 0.29) is 0 Å². The Morgan fingerprint density at radius 2 is 2.30 bits per heavy atom. The number of halogens is 1. The fraction of sp³-hybridized carbons (Fsp3) is 0.500. The molecular weight excluding hydrogens is 129 g/mol. The fourth-order valence-electron chi connectivity index (χ4n) is 1.26. The van der Waals surface area contributed by atoms with E-state index >= 15 is 0 Å². The highest BCUT2D eigenvalue weighted by atomic mass is 19.2. The average molecular weight is 139 g/mol. The first-order valence-corrected chi connectivity index (χ1v) is 3.66. The van der Waals surface area contributed by atoms with Crippen molar-refractivity contribution in [1.82, 2.24) is 5.12 Å². The second-order valence-electron chi connectivity index (χ2n) is 2.92. The molecule has 0 atom stereocenters. The second-order valence-corrected chi connectivity index (χ2v) is 2.92. The summed E-state index contributed by atoms with van der Waals surface area (Å²) < 4.78 is 12.5. The fourth-order valence-corrected chi connectivity index (χ4v) is 1.26. The summed E-state index contributed by atoms with van der Waals surface area (Å²) in [5, 5.41) is 0.744. The van der Waals surface area contributed by atoms with Gasteiger partial charge in [0, 0.05) is 6.20 Å². The molecule has 2 rings (SSSR count). The third-order valence-electron chi connectivity index (χ3n) is 1.99. The number of allylic oxidation sites excluding steroid dienone is 2. The molecule has 1 heterocycles. The Kier molecular flexibility index (Phi) is 1.26. The van der Waals surface area contributed by atoms with Gasteiger partial charge in [-0.3, -0.25) is 0 Å². The van der Waals surface area contributed by atoms with E-state index in [1.54, 1.807) is 6.08 Å². The van der Waals surface area contributed by atoms with E-state index in [9.17, 15) is 4.48 Å². The van der Waals surface area contributed by atoms with E-state index in [0.29, 0.717) is 12.5 Å². The molecule has 0 saturated heterocycles. The highest BCUT2D eigenvalue weighted by Crippen LogP contribution is 2.37. The Hall–Kier alpha value is -0.790. The van der Waals surface area contributed by atoms with E-state index in [1.165, 1.54) is 24.6 Å². The summed E-state index contributed by atoms with van der Waals surface area (Å²) in [6.07, 6.45) is 7.79. The van der Waals surface area contributed by atoms with Crippen LogP contribution in [0.15, 0.2) is 23.9 Å². The summed E-state index contributed by atoms with van der Waals surface area (Å²) in [7, 11) is 0. The average Bonchev–Trinajstić information content (AvgIpc) is 2.68. The summed E-state index contributed by atoms with van der Waals surface area (Å²) in [6.45, 7) is 0.487. The largest absolute Gasteiger partial charge is 0.215 e. The summed E-state index contributed by atoms with van der Waals surface area (Å²) in [5.41, 5.74) is 1.25. The van der Waals surface area contributed by atoms with Gasteiger partial charge in [-0.15, -0.1) is 4.48 Å². The molecule has 10 heavy (non-hydrogen) atoms. The molecule has 0 amide bonds. The molecule has 0 aromatic heterocycles. The first kappa shape index (κ1) is 5.96. The Bertz CT molecular complexity index is 191. The maximum absolute atomic E-state index is 12.5. The molecule has 0 radical (unpaired) electrons. The van der Waals surface area contributed by atoms with Gasteiger partial charge in [0.25, 0.3) is 0 Å². The number of hydrogen-bond acceptors (Lipinski definition) is 1. The van der Waals surface area contributed by atoms with Gasteiger partial charge in [-0.2, -0.15) is 0 Å². The van der Waals surface area contributed by atoms with E-state index in [0.717, 1.165) is 5.12 Å². The van der Waals surface area contributed by atoms with Crippen LogP contribution in [0.4, 0.5) is 4.48 Å². The lowest BCUT2D eigenvalue weighted by Gasteiger charge is -2.14. The van der Waals surface area contributed by atoms with Crippen LogP contribution in [0.25, 0.3) is 0 Å². The van der Waals surface area contributed by atoms with Crippen LogP contribution in [0.1, 0.15) is 12.8 Å². The minimum absolute atomic E-state index is 0.487. The molecule has 0 spiro atoms. The van der Waals surface area contributed by atoms with Crippen molar-refractivity contribution in [2.45, 2.75) is 12.8 Å². The van der Waals surface area contributed by atoms with Gasteiger partial charge in [-0.25, -0.2) is 5.12 Å². The van der Waals surface area contributed by atoms with Crippen molar-refractivity contribution in [3.05, 3.63) is 23.9 Å². The van der Waals surface area contributed by atoms with Crippen molar-refractivity contribution >= 4 is 0 Å². The van der Waals surface area contributed by atoms with Gasteiger partial charge in [0.05, 0.1) is 6.54 Å². The summed E-state index contributed by atoms with van der Waals surface area (Å²) in [6, 6.07) is 0. The van der Waals surface area contributed by atoms with Crippen LogP contribution in [-0.4, -0.2) is 11.7 Å². The molecule has 1 fully saturated rings. The standard InChI is InChI=1S/C8H10FN/c9-10-5-1-2-8(6-10)7-3-4-7/h1-2,5,7H,3-4,6H2. The Balaban J connectivity index is 2.06. The zero-order valence-corrected chi connectivity index (χ0v) is 5.76. The van der Waals surface area contributed by atoms with Gasteiger partial charge in [-0.1, -0.05) is 6.08 Å². The van der Waals surface area contributed by atoms with Crippen molar-refractivity contribution < 1.29 is 4.48 Å². The minimum Gasteiger partial charge on any atom is -0.215 e. The van der Waals surface area contributed by atoms with E-state index < -0.39 is 0 Å². The van der Waals surface area contributed by atoms with Crippen LogP contribution in [0.3, 0.4) is 0 Å². The Labute approximate surface area is 59.8 Å². The number of nitrogens with zero attached hydrogens (tertiary/aromatic N) is 1. The Morgan fingerprint density at radius 3 is 2.90 bits per heavy atom. The second kappa shape index (κ2) is 2.11. The molecule has 0 bridgehead atoms. The maximum Gasteiger partial charge on any atom is 0.0714 e. The predicted octanol–water partition coefficient (Wildman–Crippen LogP) is 2.04. The van der Waals surface area contributed by atoms with Crippen LogP contribution in [-0.2, 0) is 0 Å². The van der Waals surface area contributed by atoms with Crippen molar-refractivity contribution in [3.8, 4) is 0 Å². The van der Waals surface area contributed by atoms with Crippen LogP contribution >= 0.6 is 0 Å². The van der Waals surface area contributed by atoms with E-state index in [1.807, 2.05) is 6.08 Å². The van der Waals surface area contributed by atoms with Gasteiger partial charge in [0.1, 0.15) is 0 Å². The molecule has 54 valence electrons. The number of hydrogen-bond donors (Lipinski definition) is 0. The van der Waals surface area contributed by atoms with Crippen molar-refractivity contribution in [3.63, 3.8) is 0 Å². The minimum atomic E-state index is 0.487. The third kappa shape index (κ3) is 1.06. The first-order chi connectivity index (χ1) is 4.86. The molecule has 1 aliphatic heterocycles. The zero-order valence-electron chi connectivity index (χ0n) is 5.76. The molecule has 1 aliphatic carbocycles. The number of rotatable bonds is 1. The molecule has 0 unspecified atom stereocenters. The van der Waals surface area contributed by atoms with Crippen LogP contribution in [0.2, 0.25) is 0 Å². The highest BCUT2D eigenvalue weighted by Gasteiger charge is 2.27. The third-order valence-corrected chi connectivity index (χ3v) is 1.99. The summed E-state index contributed by atoms with van der Waals surface area (Å²) in [4.78, 5) is 0. The molecular formula is C8H10FN. The predicted molar refractivity (Wildman–Crippen MR) is 37.8 cm³/mol. The molecule has 2 heteroatoms. The maximum atomic E-state index is 12.5. The van der Waals surface area contributed by atoms with Crippen molar-refractivity contribution in [2.75, 3.05) is 6.54 Å². The van der Waals surface area contributed by atoms with Gasteiger partial charge in [-0.05, 0) is 30.4 Å². The normalized spacial score (nSPS) is 24.9. The van der Waals surface area contributed by atoms with Gasteiger partial charge >= 0.3 is 0 Å². The first-order valence-electron chi connectivity index (χ1n) is 3.66. The Morgan fingerprint density at radius 1 is 1.50 bits per heavy atom. The molecule has 0 aromatic rings. The van der Waals surface area contributed by atoms with Crippen molar-refractivity contribution in [1.29, 1.82) is 0 Å². The molecule has 1 saturated carbocycles. The van der Waals surface area contributed by atoms with Gasteiger partial charge in [0.15, 0.2) is 0 Å². The van der Waals surface area contributed by atoms with Gasteiger partial charge < -0.3 is 0 Å². The molecule has 1 nitrogen and oxygen atoms in total. The zero-order chi connectivity index (χ0) is 6.97. The van der Waals surface area contributed by atoms with E-state index in [2.05, 4.69) is 0 Å². The molecule has 2 aliphatic rings. The lowest BCUT2D eigenvalue weighted by Crippen LogP contribution is -2.13. The lowest BCUT2D eigenvalue weighted by atomic mass is 10.1. The summed E-state index contributed by atoms with van der Waals surface area (Å²) in [5.74, 6) is 0.697. The quantitative estimate of drug-likeness (QED) is 0.502. The molecule has 0 N–H and O–H groups in total. The molecule has 0 aromatic carbocycles. The lowest BCUT2D eigenvalue weighted by molar-refractivity contribution is 0.0991. The monoisotopic (exact) mass is 139 g/mol. The smallest absolute Gasteiger partial charge is 0.0714 e. The highest BCUT2D eigenvalue weighted by molar-refractivity contribution is 5.23.